The number of rotatable bonds is 4. The van der Waals surface area contributed by atoms with Crippen LogP contribution in [0, 0.1) is 5.41 Å². The van der Waals surface area contributed by atoms with Gasteiger partial charge in [0.05, 0.1) is 6.42 Å². The monoisotopic (exact) mass is 491 g/mol. The molecule has 0 fully saturated rings. The number of carbonyl (C=O) groups is 2. The minimum Gasteiger partial charge on any atom is -0.460 e. The number of anilines is 1. The van der Waals surface area contributed by atoms with E-state index in [4.69, 9.17) is 32.7 Å². The number of halogens is 2. The van der Waals surface area contributed by atoms with Gasteiger partial charge >= 0.3 is 5.97 Å². The zero-order valence-corrected chi connectivity index (χ0v) is 21.5. The van der Waals surface area contributed by atoms with Crippen molar-refractivity contribution in [1.82, 2.24) is 0 Å². The molecule has 5 nitrogen and oxygen atoms in total. The molecule has 2 aromatic rings. The van der Waals surface area contributed by atoms with Gasteiger partial charge in [0.1, 0.15) is 17.8 Å². The van der Waals surface area contributed by atoms with Crippen LogP contribution in [0.15, 0.2) is 42.5 Å². The molecule has 33 heavy (non-hydrogen) atoms. The van der Waals surface area contributed by atoms with Crippen molar-refractivity contribution in [3.8, 4) is 0 Å². The lowest BCUT2D eigenvalue weighted by Crippen LogP contribution is -2.44. The first-order valence-electron chi connectivity index (χ1n) is 11.0. The Kier molecular flexibility index (Phi) is 7.47. The number of ether oxygens (including phenoxy) is 2. The van der Waals surface area contributed by atoms with Crippen LogP contribution in [0.5, 0.6) is 0 Å². The third-order valence-electron chi connectivity index (χ3n) is 5.00. The maximum absolute atomic E-state index is 13.8. The van der Waals surface area contributed by atoms with Crippen LogP contribution in [0.3, 0.4) is 0 Å². The Morgan fingerprint density at radius 2 is 1.70 bits per heavy atom. The van der Waals surface area contributed by atoms with E-state index < -0.39 is 23.8 Å². The standard InChI is InChI=1S/C26H31Cl2NO4/c1-25(2,3)15-29-20-12-11-16(27)13-18(20)23(17-9-7-8-10-19(17)28)32-21(24(29)31)14-22(30)33-26(4,5)6/h7-13,21,23H,14-15H2,1-6H3/t21-,23-/m1/s1. The van der Waals surface area contributed by atoms with Gasteiger partial charge in [-0.25, -0.2) is 0 Å². The average Bonchev–Trinajstić information content (AvgIpc) is 2.76. The molecule has 0 saturated heterocycles. The van der Waals surface area contributed by atoms with Crippen molar-refractivity contribution in [1.29, 1.82) is 0 Å². The highest BCUT2D eigenvalue weighted by molar-refractivity contribution is 6.31. The summed E-state index contributed by atoms with van der Waals surface area (Å²) in [5.41, 5.74) is 1.24. The van der Waals surface area contributed by atoms with E-state index in [9.17, 15) is 9.59 Å². The van der Waals surface area contributed by atoms with E-state index >= 15 is 0 Å². The lowest BCUT2D eigenvalue weighted by Gasteiger charge is -2.31. The molecule has 1 aliphatic heterocycles. The van der Waals surface area contributed by atoms with Gasteiger partial charge in [-0.05, 0) is 50.5 Å². The second kappa shape index (κ2) is 9.65. The predicted octanol–water partition coefficient (Wildman–Crippen LogP) is 6.59. The summed E-state index contributed by atoms with van der Waals surface area (Å²) in [6, 6.07) is 12.7. The van der Waals surface area contributed by atoms with Crippen molar-refractivity contribution >= 4 is 40.8 Å². The van der Waals surface area contributed by atoms with Gasteiger partial charge in [-0.3, -0.25) is 9.59 Å². The van der Waals surface area contributed by atoms with Gasteiger partial charge in [0.2, 0.25) is 0 Å². The number of hydrogen-bond donors (Lipinski definition) is 0. The van der Waals surface area contributed by atoms with Crippen molar-refractivity contribution in [2.75, 3.05) is 11.4 Å². The molecule has 0 N–H and O–H groups in total. The topological polar surface area (TPSA) is 55.8 Å². The summed E-state index contributed by atoms with van der Waals surface area (Å²) in [6.07, 6.45) is -1.94. The van der Waals surface area contributed by atoms with Crippen LogP contribution in [0.4, 0.5) is 5.69 Å². The Morgan fingerprint density at radius 1 is 1.03 bits per heavy atom. The molecular weight excluding hydrogens is 461 g/mol. The summed E-state index contributed by atoms with van der Waals surface area (Å²) < 4.78 is 11.9. The fraction of sp³-hybridized carbons (Fsp3) is 0.462. The fourth-order valence-corrected chi connectivity index (χ4v) is 4.22. The van der Waals surface area contributed by atoms with Crippen LogP contribution >= 0.6 is 23.2 Å². The predicted molar refractivity (Wildman–Crippen MR) is 132 cm³/mol. The Balaban J connectivity index is 2.14. The first kappa shape index (κ1) is 25.5. The minimum atomic E-state index is -1.05. The third-order valence-corrected chi connectivity index (χ3v) is 5.58. The fourth-order valence-electron chi connectivity index (χ4n) is 3.81. The normalized spacial score (nSPS) is 19.2. The molecule has 0 unspecified atom stereocenters. The smallest absolute Gasteiger partial charge is 0.309 e. The quantitative estimate of drug-likeness (QED) is 0.452. The lowest BCUT2D eigenvalue weighted by atomic mass is 9.94. The molecule has 7 heteroatoms. The molecular formula is C26H31Cl2NO4. The van der Waals surface area contributed by atoms with E-state index in [0.29, 0.717) is 27.8 Å². The zero-order valence-electron chi connectivity index (χ0n) is 19.9. The number of esters is 1. The van der Waals surface area contributed by atoms with E-state index in [1.54, 1.807) is 43.9 Å². The molecule has 0 saturated carbocycles. The molecule has 0 bridgehead atoms. The number of hydrogen-bond acceptors (Lipinski definition) is 4. The number of carbonyl (C=O) groups excluding carboxylic acids is 2. The molecule has 2 atom stereocenters. The van der Waals surface area contributed by atoms with Gasteiger partial charge < -0.3 is 14.4 Å². The van der Waals surface area contributed by atoms with E-state index in [1.165, 1.54) is 0 Å². The average molecular weight is 492 g/mol. The summed E-state index contributed by atoms with van der Waals surface area (Å²) in [6.45, 7) is 12.0. The molecule has 0 radical (unpaired) electrons. The molecule has 178 valence electrons. The summed E-state index contributed by atoms with van der Waals surface area (Å²) in [5.74, 6) is -0.799. The summed E-state index contributed by atoms with van der Waals surface area (Å²) in [4.78, 5) is 28.1. The van der Waals surface area contributed by atoms with Crippen molar-refractivity contribution in [2.24, 2.45) is 5.41 Å². The van der Waals surface area contributed by atoms with Crippen molar-refractivity contribution in [2.45, 2.75) is 65.8 Å². The third kappa shape index (κ3) is 6.50. The van der Waals surface area contributed by atoms with Crippen LogP contribution in [-0.2, 0) is 19.1 Å². The van der Waals surface area contributed by atoms with Gasteiger partial charge in [0.25, 0.3) is 5.91 Å². The number of amides is 1. The van der Waals surface area contributed by atoms with Crippen LogP contribution in [-0.4, -0.2) is 30.1 Å². The molecule has 1 aliphatic rings. The number of fused-ring (bicyclic) bond motifs is 1. The molecule has 2 aromatic carbocycles. The van der Waals surface area contributed by atoms with E-state index in [1.807, 2.05) is 24.3 Å². The van der Waals surface area contributed by atoms with Gasteiger partial charge in [-0.2, -0.15) is 0 Å². The highest BCUT2D eigenvalue weighted by Crippen LogP contribution is 2.42. The molecule has 0 aromatic heterocycles. The molecule has 1 amide bonds. The van der Waals surface area contributed by atoms with Crippen LogP contribution in [0.25, 0.3) is 0 Å². The molecule has 1 heterocycles. The van der Waals surface area contributed by atoms with Gasteiger partial charge in [0.15, 0.2) is 0 Å². The SMILES string of the molecule is CC(C)(C)CN1C(=O)[C@@H](CC(=O)OC(C)(C)C)O[C@H](c2ccccc2Cl)c2cc(Cl)ccc21. The lowest BCUT2D eigenvalue weighted by molar-refractivity contribution is -0.161. The first-order valence-corrected chi connectivity index (χ1v) is 11.7. The first-order chi connectivity index (χ1) is 15.2. The van der Waals surface area contributed by atoms with Crippen LogP contribution in [0.1, 0.15) is 65.2 Å². The maximum Gasteiger partial charge on any atom is 0.309 e. The molecule has 3 rings (SSSR count). The summed E-state index contributed by atoms with van der Waals surface area (Å²) in [5, 5.41) is 1.02. The summed E-state index contributed by atoms with van der Waals surface area (Å²) in [7, 11) is 0. The summed E-state index contributed by atoms with van der Waals surface area (Å²) >= 11 is 12.9. The van der Waals surface area contributed by atoms with Crippen molar-refractivity contribution < 1.29 is 19.1 Å². The minimum absolute atomic E-state index is 0.201. The highest BCUT2D eigenvalue weighted by atomic mass is 35.5. The second-order valence-electron chi connectivity index (χ2n) is 10.5. The number of nitrogens with zero attached hydrogens (tertiary/aromatic N) is 1. The largest absolute Gasteiger partial charge is 0.460 e. The van der Waals surface area contributed by atoms with Crippen molar-refractivity contribution in [3.63, 3.8) is 0 Å². The maximum atomic E-state index is 13.8. The number of benzene rings is 2. The Labute approximate surface area is 206 Å². The van der Waals surface area contributed by atoms with Gasteiger partial charge in [0, 0.05) is 33.4 Å². The highest BCUT2D eigenvalue weighted by Gasteiger charge is 2.40. The van der Waals surface area contributed by atoms with Gasteiger partial charge in [-0.1, -0.05) is 62.2 Å². The Hall–Kier alpha value is -2.08. The Morgan fingerprint density at radius 3 is 2.30 bits per heavy atom. The van der Waals surface area contributed by atoms with E-state index in [-0.39, 0.29) is 17.7 Å². The molecule has 0 aliphatic carbocycles. The molecule has 0 spiro atoms. The second-order valence-corrected chi connectivity index (χ2v) is 11.3. The van der Waals surface area contributed by atoms with Crippen LogP contribution < -0.4 is 4.90 Å². The van der Waals surface area contributed by atoms with Crippen LogP contribution in [0.2, 0.25) is 10.0 Å². The zero-order chi connectivity index (χ0) is 24.6. The van der Waals surface area contributed by atoms with E-state index in [2.05, 4.69) is 20.8 Å². The van der Waals surface area contributed by atoms with Crippen molar-refractivity contribution in [3.05, 3.63) is 63.6 Å². The van der Waals surface area contributed by atoms with E-state index in [0.717, 1.165) is 5.56 Å². The van der Waals surface area contributed by atoms with Gasteiger partial charge in [-0.15, -0.1) is 0 Å². The Bertz CT molecular complexity index is 1040.